The van der Waals surface area contributed by atoms with E-state index in [9.17, 15) is 0 Å². The predicted octanol–water partition coefficient (Wildman–Crippen LogP) is 3.34. The molecular weight excluding hydrogens is 389 g/mol. The number of aliphatic imine (C=N–C) groups is 1. The van der Waals surface area contributed by atoms with Crippen LogP contribution in [0.1, 0.15) is 32.8 Å². The number of ether oxygens (including phenoxy) is 1. The number of rotatable bonds is 6. The molecule has 1 aromatic carbocycles. The summed E-state index contributed by atoms with van der Waals surface area (Å²) >= 11 is 0. The number of hydrogen-bond acceptors (Lipinski definition) is 2. The minimum Gasteiger partial charge on any atom is -0.489 e. The van der Waals surface area contributed by atoms with E-state index >= 15 is 0 Å². The predicted molar refractivity (Wildman–Crippen MR) is 103 cm³/mol. The standard InChI is InChI=1S/C17H27N3O.HI/c1-5-18-17(20-15-10-13(15)3)19-11-14(4)21-16-9-7-6-8-12(16)2;/h6-9,13-15H,5,10-11H2,1-4H3,(H2,18,19,20);1H. The maximum Gasteiger partial charge on any atom is 0.191 e. The van der Waals surface area contributed by atoms with Crippen LogP contribution in [0.4, 0.5) is 0 Å². The lowest BCUT2D eigenvalue weighted by Crippen LogP contribution is -2.39. The van der Waals surface area contributed by atoms with Crippen LogP contribution in [0.3, 0.4) is 0 Å². The van der Waals surface area contributed by atoms with Gasteiger partial charge in [0, 0.05) is 12.6 Å². The second-order valence-corrected chi connectivity index (χ2v) is 5.88. The molecule has 2 rings (SSSR count). The molecule has 0 radical (unpaired) electrons. The summed E-state index contributed by atoms with van der Waals surface area (Å²) in [5.41, 5.74) is 1.16. The van der Waals surface area contributed by atoms with Crippen molar-refractivity contribution in [1.29, 1.82) is 0 Å². The van der Waals surface area contributed by atoms with Gasteiger partial charge in [0.1, 0.15) is 11.9 Å². The zero-order valence-electron chi connectivity index (χ0n) is 13.9. The third kappa shape index (κ3) is 6.02. The van der Waals surface area contributed by atoms with Crippen molar-refractivity contribution in [3.63, 3.8) is 0 Å². The molecule has 0 aliphatic heterocycles. The van der Waals surface area contributed by atoms with Crippen LogP contribution >= 0.6 is 24.0 Å². The quantitative estimate of drug-likeness (QED) is 0.424. The number of guanidine groups is 1. The van der Waals surface area contributed by atoms with Crippen molar-refractivity contribution in [3.8, 4) is 5.75 Å². The van der Waals surface area contributed by atoms with Crippen LogP contribution in [0.5, 0.6) is 5.75 Å². The van der Waals surface area contributed by atoms with Gasteiger partial charge in [0.05, 0.1) is 6.54 Å². The summed E-state index contributed by atoms with van der Waals surface area (Å²) < 4.78 is 5.95. The van der Waals surface area contributed by atoms with Crippen LogP contribution in [0, 0.1) is 12.8 Å². The van der Waals surface area contributed by atoms with E-state index in [0.29, 0.717) is 12.6 Å². The maximum atomic E-state index is 5.95. The van der Waals surface area contributed by atoms with Gasteiger partial charge in [-0.2, -0.15) is 0 Å². The summed E-state index contributed by atoms with van der Waals surface area (Å²) in [7, 11) is 0. The van der Waals surface area contributed by atoms with E-state index in [2.05, 4.69) is 49.4 Å². The average molecular weight is 417 g/mol. The lowest BCUT2D eigenvalue weighted by atomic mass is 10.2. The van der Waals surface area contributed by atoms with Crippen molar-refractivity contribution in [3.05, 3.63) is 29.8 Å². The highest BCUT2D eigenvalue weighted by molar-refractivity contribution is 14.0. The number of nitrogens with zero attached hydrogens (tertiary/aromatic N) is 1. The van der Waals surface area contributed by atoms with E-state index < -0.39 is 0 Å². The van der Waals surface area contributed by atoms with Crippen LogP contribution in [0.25, 0.3) is 0 Å². The van der Waals surface area contributed by atoms with E-state index in [-0.39, 0.29) is 30.1 Å². The molecule has 0 amide bonds. The molecular formula is C17H28IN3O. The minimum absolute atomic E-state index is 0. The van der Waals surface area contributed by atoms with Gasteiger partial charge in [-0.3, -0.25) is 0 Å². The number of para-hydroxylation sites is 1. The summed E-state index contributed by atoms with van der Waals surface area (Å²) in [6, 6.07) is 8.67. The Kier molecular flexibility index (Phi) is 8.00. The zero-order valence-corrected chi connectivity index (χ0v) is 16.3. The lowest BCUT2D eigenvalue weighted by molar-refractivity contribution is 0.228. The van der Waals surface area contributed by atoms with E-state index in [1.165, 1.54) is 6.42 Å². The molecule has 1 aliphatic carbocycles. The molecule has 2 N–H and O–H groups in total. The Morgan fingerprint density at radius 3 is 2.68 bits per heavy atom. The lowest BCUT2D eigenvalue weighted by Gasteiger charge is -2.16. The van der Waals surface area contributed by atoms with Crippen LogP contribution in [0.2, 0.25) is 0 Å². The Bertz CT molecular complexity index is 493. The topological polar surface area (TPSA) is 45.7 Å². The van der Waals surface area contributed by atoms with Gasteiger partial charge in [0.2, 0.25) is 0 Å². The molecule has 4 nitrogen and oxygen atoms in total. The van der Waals surface area contributed by atoms with Gasteiger partial charge in [0.25, 0.3) is 0 Å². The molecule has 124 valence electrons. The SMILES string of the molecule is CCNC(=NCC(C)Oc1ccccc1C)NC1CC1C.I. The molecule has 0 spiro atoms. The number of hydrogen-bond donors (Lipinski definition) is 2. The van der Waals surface area contributed by atoms with Gasteiger partial charge in [-0.1, -0.05) is 25.1 Å². The molecule has 0 saturated heterocycles. The van der Waals surface area contributed by atoms with E-state index in [1.807, 2.05) is 18.2 Å². The second-order valence-electron chi connectivity index (χ2n) is 5.88. The fraction of sp³-hybridized carbons (Fsp3) is 0.588. The van der Waals surface area contributed by atoms with Crippen LogP contribution in [-0.2, 0) is 0 Å². The van der Waals surface area contributed by atoms with Crippen molar-refractivity contribution in [1.82, 2.24) is 10.6 Å². The van der Waals surface area contributed by atoms with Gasteiger partial charge < -0.3 is 15.4 Å². The smallest absolute Gasteiger partial charge is 0.191 e. The molecule has 1 aromatic rings. The van der Waals surface area contributed by atoms with E-state index in [1.54, 1.807) is 0 Å². The van der Waals surface area contributed by atoms with Gasteiger partial charge in [-0.25, -0.2) is 4.99 Å². The first-order chi connectivity index (χ1) is 10.1. The van der Waals surface area contributed by atoms with Crippen molar-refractivity contribution < 1.29 is 4.74 Å². The van der Waals surface area contributed by atoms with E-state index in [0.717, 1.165) is 29.7 Å². The van der Waals surface area contributed by atoms with E-state index in [4.69, 9.17) is 4.74 Å². The number of benzene rings is 1. The fourth-order valence-electron chi connectivity index (χ4n) is 2.18. The molecule has 3 unspecified atom stereocenters. The number of nitrogens with one attached hydrogen (secondary N) is 2. The van der Waals surface area contributed by atoms with Crippen LogP contribution in [-0.4, -0.2) is 31.2 Å². The van der Waals surface area contributed by atoms with Crippen molar-refractivity contribution in [2.75, 3.05) is 13.1 Å². The van der Waals surface area contributed by atoms with Gasteiger partial charge in [-0.15, -0.1) is 24.0 Å². The first-order valence-electron chi connectivity index (χ1n) is 7.87. The summed E-state index contributed by atoms with van der Waals surface area (Å²) in [4.78, 5) is 4.62. The first kappa shape index (κ1) is 19.1. The van der Waals surface area contributed by atoms with Crippen molar-refractivity contribution in [2.24, 2.45) is 10.9 Å². The highest BCUT2D eigenvalue weighted by Gasteiger charge is 2.33. The van der Waals surface area contributed by atoms with Crippen molar-refractivity contribution >= 4 is 29.9 Å². The zero-order chi connectivity index (χ0) is 15.2. The molecule has 1 aliphatic rings. The Morgan fingerprint density at radius 1 is 1.41 bits per heavy atom. The number of aryl methyl sites for hydroxylation is 1. The molecule has 0 bridgehead atoms. The molecule has 1 saturated carbocycles. The molecule has 5 heteroatoms. The Labute approximate surface area is 151 Å². The number of halogens is 1. The summed E-state index contributed by atoms with van der Waals surface area (Å²) in [5, 5.41) is 6.74. The normalized spacial score (nSPS) is 21.5. The van der Waals surface area contributed by atoms with Gasteiger partial charge in [0.15, 0.2) is 5.96 Å². The van der Waals surface area contributed by atoms with Gasteiger partial charge >= 0.3 is 0 Å². The summed E-state index contributed by atoms with van der Waals surface area (Å²) in [6.45, 7) is 9.97. The third-order valence-electron chi connectivity index (χ3n) is 3.70. The summed E-state index contributed by atoms with van der Waals surface area (Å²) in [5.74, 6) is 2.59. The molecule has 3 atom stereocenters. The maximum absolute atomic E-state index is 5.95. The average Bonchev–Trinajstić information content (AvgIpc) is 3.14. The third-order valence-corrected chi connectivity index (χ3v) is 3.70. The molecule has 0 aromatic heterocycles. The van der Waals surface area contributed by atoms with Gasteiger partial charge in [-0.05, 0) is 44.7 Å². The minimum atomic E-state index is 0. The molecule has 1 fully saturated rings. The fourth-order valence-corrected chi connectivity index (χ4v) is 2.18. The highest BCUT2D eigenvalue weighted by Crippen LogP contribution is 2.28. The molecule has 22 heavy (non-hydrogen) atoms. The van der Waals surface area contributed by atoms with Crippen molar-refractivity contribution in [2.45, 2.75) is 46.3 Å². The van der Waals surface area contributed by atoms with Crippen LogP contribution < -0.4 is 15.4 Å². The first-order valence-corrected chi connectivity index (χ1v) is 7.87. The summed E-state index contributed by atoms with van der Waals surface area (Å²) in [6.07, 6.45) is 1.29. The Hall–Kier alpha value is -0.980. The Morgan fingerprint density at radius 2 is 2.09 bits per heavy atom. The largest absolute Gasteiger partial charge is 0.489 e. The highest BCUT2D eigenvalue weighted by atomic mass is 127. The second kappa shape index (κ2) is 9.22. The molecule has 0 heterocycles. The Balaban J connectivity index is 0.00000242. The monoisotopic (exact) mass is 417 g/mol. The van der Waals surface area contributed by atoms with Crippen LogP contribution in [0.15, 0.2) is 29.3 Å².